The van der Waals surface area contributed by atoms with Crippen LogP contribution in [0.15, 0.2) is 17.0 Å². The van der Waals surface area contributed by atoms with E-state index in [9.17, 15) is 23.3 Å². The Morgan fingerprint density at radius 3 is 2.43 bits per heavy atom. The van der Waals surface area contributed by atoms with Gasteiger partial charge in [0, 0.05) is 16.7 Å². The largest absolute Gasteiger partial charge is 0.492 e. The summed E-state index contributed by atoms with van der Waals surface area (Å²) in [6, 6.07) is 1.63. The molecule has 0 bridgehead atoms. The van der Waals surface area contributed by atoms with E-state index in [-0.39, 0.29) is 11.5 Å². The van der Waals surface area contributed by atoms with Crippen LogP contribution in [0.25, 0.3) is 0 Å². The first kappa shape index (κ1) is 17.0. The Bertz CT molecular complexity index is 689. The fourth-order valence-corrected chi connectivity index (χ4v) is 2.40. The number of rotatable bonds is 6. The summed E-state index contributed by atoms with van der Waals surface area (Å²) in [5.41, 5.74) is 4.42. The van der Waals surface area contributed by atoms with E-state index in [1.807, 2.05) is 0 Å². The first-order valence-corrected chi connectivity index (χ1v) is 7.66. The maximum Gasteiger partial charge on any atom is 0.274 e. The van der Waals surface area contributed by atoms with Crippen molar-refractivity contribution in [2.75, 3.05) is 7.11 Å². The SMILES string of the molecule is COc1c(OC(C)C(N)=O)cc([N+](=O)[O-])cc1S(=O)(=O)Cl. The van der Waals surface area contributed by atoms with Crippen LogP contribution in [0.3, 0.4) is 0 Å². The van der Waals surface area contributed by atoms with Crippen molar-refractivity contribution in [1.29, 1.82) is 0 Å². The van der Waals surface area contributed by atoms with E-state index in [1.165, 1.54) is 6.92 Å². The van der Waals surface area contributed by atoms with Crippen LogP contribution in [0.4, 0.5) is 5.69 Å². The van der Waals surface area contributed by atoms with Crippen molar-refractivity contribution in [1.82, 2.24) is 0 Å². The molecule has 1 aromatic carbocycles. The number of carbonyl (C=O) groups is 1. The van der Waals surface area contributed by atoms with Gasteiger partial charge in [0.1, 0.15) is 4.90 Å². The molecule has 0 aromatic heterocycles. The number of halogens is 1. The summed E-state index contributed by atoms with van der Waals surface area (Å²) < 4.78 is 32.9. The van der Waals surface area contributed by atoms with Crippen molar-refractivity contribution in [2.45, 2.75) is 17.9 Å². The summed E-state index contributed by atoms with van der Waals surface area (Å²) in [6.07, 6.45) is -1.16. The number of amides is 1. The molecule has 1 unspecified atom stereocenters. The molecule has 2 N–H and O–H groups in total. The van der Waals surface area contributed by atoms with E-state index in [1.54, 1.807) is 0 Å². The lowest BCUT2D eigenvalue weighted by molar-refractivity contribution is -0.385. The lowest BCUT2D eigenvalue weighted by Crippen LogP contribution is -2.30. The smallest absolute Gasteiger partial charge is 0.274 e. The number of hydrogen-bond donors (Lipinski definition) is 1. The fourth-order valence-electron chi connectivity index (χ4n) is 1.39. The van der Waals surface area contributed by atoms with Crippen LogP contribution < -0.4 is 15.2 Å². The van der Waals surface area contributed by atoms with Crippen molar-refractivity contribution in [3.05, 3.63) is 22.2 Å². The predicted octanol–water partition coefficient (Wildman–Crippen LogP) is 0.784. The molecule has 1 atom stereocenters. The van der Waals surface area contributed by atoms with Crippen molar-refractivity contribution in [3.63, 3.8) is 0 Å². The van der Waals surface area contributed by atoms with E-state index in [0.29, 0.717) is 0 Å². The number of nitrogens with zero attached hydrogens (tertiary/aromatic N) is 1. The highest BCUT2D eigenvalue weighted by molar-refractivity contribution is 8.13. The predicted molar refractivity (Wildman–Crippen MR) is 72.0 cm³/mol. The van der Waals surface area contributed by atoms with Gasteiger partial charge in [-0.3, -0.25) is 14.9 Å². The second-order valence-corrected chi connectivity index (χ2v) is 6.37. The summed E-state index contributed by atoms with van der Waals surface area (Å²) >= 11 is 0. The van der Waals surface area contributed by atoms with Gasteiger partial charge in [-0.1, -0.05) is 0 Å². The molecule has 0 saturated heterocycles. The Morgan fingerprint density at radius 1 is 1.48 bits per heavy atom. The normalized spacial score (nSPS) is 12.5. The van der Waals surface area contributed by atoms with Crippen molar-refractivity contribution >= 4 is 31.3 Å². The van der Waals surface area contributed by atoms with Crippen LogP contribution in [0.5, 0.6) is 11.5 Å². The molecule has 0 aliphatic rings. The minimum Gasteiger partial charge on any atom is -0.492 e. The molecule has 1 amide bonds. The molecule has 0 saturated carbocycles. The Kier molecular flexibility index (Phi) is 4.97. The van der Waals surface area contributed by atoms with Crippen LogP contribution in [0, 0.1) is 10.1 Å². The van der Waals surface area contributed by atoms with E-state index < -0.39 is 36.6 Å². The molecule has 0 aliphatic heterocycles. The lowest BCUT2D eigenvalue weighted by Gasteiger charge is -2.15. The van der Waals surface area contributed by atoms with Gasteiger partial charge in [0.2, 0.25) is 0 Å². The molecule has 9 nitrogen and oxygen atoms in total. The summed E-state index contributed by atoms with van der Waals surface area (Å²) in [6.45, 7) is 1.29. The van der Waals surface area contributed by atoms with Gasteiger partial charge < -0.3 is 15.2 Å². The standard InChI is InChI=1S/C10H11ClN2O7S/c1-5(10(12)14)20-7-3-6(13(15)16)4-8(9(7)19-2)21(11,17)18/h3-5H,1-2H3,(H2,12,14). The minimum atomic E-state index is -4.33. The van der Waals surface area contributed by atoms with Crippen LogP contribution in [0.1, 0.15) is 6.92 Å². The van der Waals surface area contributed by atoms with Crippen LogP contribution in [0.2, 0.25) is 0 Å². The van der Waals surface area contributed by atoms with Gasteiger partial charge >= 0.3 is 0 Å². The molecule has 0 heterocycles. The molecule has 0 aliphatic carbocycles. The number of carbonyl (C=O) groups excluding carboxylic acids is 1. The van der Waals surface area contributed by atoms with E-state index >= 15 is 0 Å². The molecule has 21 heavy (non-hydrogen) atoms. The minimum absolute atomic E-state index is 0.336. The van der Waals surface area contributed by atoms with Gasteiger partial charge in [0.05, 0.1) is 18.1 Å². The zero-order chi connectivity index (χ0) is 16.4. The summed E-state index contributed by atoms with van der Waals surface area (Å²) in [7, 11) is 2.00. The molecule has 0 radical (unpaired) electrons. The van der Waals surface area contributed by atoms with Crippen molar-refractivity contribution in [2.24, 2.45) is 5.73 Å². The first-order valence-electron chi connectivity index (χ1n) is 5.35. The van der Waals surface area contributed by atoms with E-state index in [2.05, 4.69) is 0 Å². The molecular formula is C10H11ClN2O7S. The van der Waals surface area contributed by atoms with Crippen LogP contribution >= 0.6 is 10.7 Å². The number of primary amides is 1. The first-order chi connectivity index (χ1) is 9.57. The summed E-state index contributed by atoms with van der Waals surface area (Å²) in [5.74, 6) is -1.54. The highest BCUT2D eigenvalue weighted by atomic mass is 35.7. The highest BCUT2D eigenvalue weighted by Gasteiger charge is 2.27. The second-order valence-electron chi connectivity index (χ2n) is 3.83. The Balaban J connectivity index is 3.57. The number of methoxy groups -OCH3 is 1. The topological polar surface area (TPSA) is 139 Å². The lowest BCUT2D eigenvalue weighted by atomic mass is 10.2. The average molecular weight is 339 g/mol. The summed E-state index contributed by atoms with van der Waals surface area (Å²) in [4.78, 5) is 20.3. The van der Waals surface area contributed by atoms with Gasteiger partial charge in [-0.2, -0.15) is 0 Å². The molecule has 1 aromatic rings. The van der Waals surface area contributed by atoms with E-state index in [4.69, 9.17) is 25.9 Å². The number of nitro groups is 1. The van der Waals surface area contributed by atoms with Crippen LogP contribution in [-0.4, -0.2) is 32.5 Å². The third-order valence-corrected chi connectivity index (χ3v) is 3.71. The molecule has 0 spiro atoms. The third kappa shape index (κ3) is 3.95. The number of hydrogen-bond acceptors (Lipinski definition) is 7. The average Bonchev–Trinajstić information content (AvgIpc) is 2.36. The maximum absolute atomic E-state index is 11.5. The number of nitrogens with two attached hydrogens (primary N) is 1. The quantitative estimate of drug-likeness (QED) is 0.459. The molecule has 0 fully saturated rings. The second kappa shape index (κ2) is 6.14. The van der Waals surface area contributed by atoms with Gasteiger partial charge in [0.25, 0.3) is 20.6 Å². The Labute approximate surface area is 124 Å². The van der Waals surface area contributed by atoms with Gasteiger partial charge in [0.15, 0.2) is 17.6 Å². The molecule has 116 valence electrons. The zero-order valence-electron chi connectivity index (χ0n) is 10.9. The van der Waals surface area contributed by atoms with E-state index in [0.717, 1.165) is 19.2 Å². The zero-order valence-corrected chi connectivity index (χ0v) is 12.5. The molecule has 11 heteroatoms. The molecular weight excluding hydrogens is 328 g/mol. The molecule has 1 rings (SSSR count). The fraction of sp³-hybridized carbons (Fsp3) is 0.300. The maximum atomic E-state index is 11.5. The Morgan fingerprint density at radius 2 is 2.05 bits per heavy atom. The van der Waals surface area contributed by atoms with Crippen molar-refractivity contribution in [3.8, 4) is 11.5 Å². The van der Waals surface area contributed by atoms with Crippen LogP contribution in [-0.2, 0) is 13.8 Å². The monoisotopic (exact) mass is 338 g/mol. The third-order valence-electron chi connectivity index (χ3n) is 2.39. The number of benzene rings is 1. The number of non-ortho nitro benzene ring substituents is 1. The van der Waals surface area contributed by atoms with Gasteiger partial charge in [-0.05, 0) is 6.92 Å². The number of nitro benzene ring substituents is 1. The highest BCUT2D eigenvalue weighted by Crippen LogP contribution is 2.40. The number of ether oxygens (including phenoxy) is 2. The summed E-state index contributed by atoms with van der Waals surface area (Å²) in [5, 5.41) is 10.8. The van der Waals surface area contributed by atoms with Crippen molar-refractivity contribution < 1.29 is 27.6 Å². The van der Waals surface area contributed by atoms with Gasteiger partial charge in [-0.15, -0.1) is 0 Å². The van der Waals surface area contributed by atoms with Gasteiger partial charge in [-0.25, -0.2) is 8.42 Å². The Hall–Kier alpha value is -2.07.